The van der Waals surface area contributed by atoms with Crippen molar-refractivity contribution in [1.29, 1.82) is 0 Å². The first-order chi connectivity index (χ1) is 19.1. The molecule has 41 heavy (non-hydrogen) atoms. The van der Waals surface area contributed by atoms with Gasteiger partial charge >= 0.3 is 0 Å². The summed E-state index contributed by atoms with van der Waals surface area (Å²) in [5.41, 5.74) is 6.61. The van der Waals surface area contributed by atoms with Gasteiger partial charge in [-0.3, -0.25) is 0 Å². The number of aryl methyl sites for hydroxylation is 2. The molecule has 232 valence electrons. The van der Waals surface area contributed by atoms with Crippen molar-refractivity contribution in [2.45, 2.75) is 162 Å². The highest BCUT2D eigenvalue weighted by atomic mass is 32.2. The first-order valence-corrected chi connectivity index (χ1v) is 17.4. The summed E-state index contributed by atoms with van der Waals surface area (Å²) in [4.78, 5) is 0. The molecular weight excluding hydrogens is 520 g/mol. The van der Waals surface area contributed by atoms with Gasteiger partial charge in [-0.1, -0.05) is 113 Å². The molecule has 0 saturated carbocycles. The van der Waals surface area contributed by atoms with E-state index in [9.17, 15) is 10.2 Å². The van der Waals surface area contributed by atoms with Crippen LogP contribution in [-0.4, -0.2) is 21.2 Å². The molecule has 0 amide bonds. The largest absolute Gasteiger partial charge is 0.508 e. The molecular formula is C38H62O2S. The number of benzene rings is 2. The summed E-state index contributed by atoms with van der Waals surface area (Å²) in [5.74, 6) is 2.04. The maximum atomic E-state index is 11.1. The van der Waals surface area contributed by atoms with Crippen molar-refractivity contribution in [2.75, 3.05) is 5.75 Å². The number of unbranched alkanes of at least 4 members (excludes halogenated alkanes) is 5. The molecule has 3 heteroatoms. The van der Waals surface area contributed by atoms with Gasteiger partial charge in [0.25, 0.3) is 0 Å². The second kappa shape index (κ2) is 15.2. The SMILES string of the molecule is CCCCCCC(CCCCCSC(C)CC)(c1cc(C(C)(C)C)c(O)cc1C)c1cc(C(C)(C)C)c(O)cc1C. The van der Waals surface area contributed by atoms with Crippen molar-refractivity contribution in [3.05, 3.63) is 57.6 Å². The van der Waals surface area contributed by atoms with Crippen LogP contribution in [-0.2, 0) is 16.2 Å². The molecule has 0 heterocycles. The van der Waals surface area contributed by atoms with Crippen LogP contribution in [0.1, 0.15) is 160 Å². The topological polar surface area (TPSA) is 40.5 Å². The molecule has 2 rings (SSSR count). The Morgan fingerprint density at radius 1 is 0.634 bits per heavy atom. The minimum atomic E-state index is -0.173. The third kappa shape index (κ3) is 9.44. The standard InChI is InChI=1S/C38H62O2S/c1-12-14-15-17-20-38(21-18-16-19-22-41-29(5)13-2,30-25-32(36(6,7)8)34(39)23-27(30)3)31-26-33(37(9,10)11)35(40)24-28(31)4/h23-26,29,39-40H,12-22H2,1-11H3. The molecule has 0 radical (unpaired) electrons. The van der Waals surface area contributed by atoms with Crippen LogP contribution in [0.3, 0.4) is 0 Å². The average molecular weight is 583 g/mol. The molecule has 2 N–H and O–H groups in total. The van der Waals surface area contributed by atoms with Gasteiger partial charge in [0.15, 0.2) is 0 Å². The first kappa shape index (κ1) is 35.6. The Labute approximate surface area is 258 Å². The smallest absolute Gasteiger partial charge is 0.119 e. The Morgan fingerprint density at radius 3 is 1.46 bits per heavy atom. The molecule has 2 aromatic rings. The highest BCUT2D eigenvalue weighted by molar-refractivity contribution is 7.99. The van der Waals surface area contributed by atoms with Gasteiger partial charge in [-0.15, -0.1) is 0 Å². The molecule has 0 aliphatic heterocycles. The summed E-state index contributed by atoms with van der Waals surface area (Å²) in [7, 11) is 0. The molecule has 0 spiro atoms. The van der Waals surface area contributed by atoms with Crippen molar-refractivity contribution in [3.8, 4) is 11.5 Å². The quantitative estimate of drug-likeness (QED) is 0.205. The molecule has 2 nitrogen and oxygen atoms in total. The molecule has 0 saturated heterocycles. The minimum Gasteiger partial charge on any atom is -0.508 e. The van der Waals surface area contributed by atoms with Crippen molar-refractivity contribution in [2.24, 2.45) is 0 Å². The number of hydrogen-bond acceptors (Lipinski definition) is 3. The van der Waals surface area contributed by atoms with Gasteiger partial charge in [-0.05, 0) is 102 Å². The molecule has 0 aliphatic rings. The Morgan fingerprint density at radius 2 is 1.07 bits per heavy atom. The predicted molar refractivity (Wildman–Crippen MR) is 183 cm³/mol. The third-order valence-corrected chi connectivity index (χ3v) is 10.4. The maximum Gasteiger partial charge on any atom is 0.119 e. The lowest BCUT2D eigenvalue weighted by Gasteiger charge is -2.40. The molecule has 1 atom stereocenters. The second-order valence-electron chi connectivity index (χ2n) is 14.7. The number of phenols is 2. The fourth-order valence-corrected chi connectivity index (χ4v) is 7.40. The zero-order chi connectivity index (χ0) is 31.0. The normalized spacial score (nSPS) is 13.5. The zero-order valence-electron chi connectivity index (χ0n) is 28.5. The van der Waals surface area contributed by atoms with Gasteiger partial charge in [-0.25, -0.2) is 0 Å². The third-order valence-electron chi connectivity index (χ3n) is 9.01. The van der Waals surface area contributed by atoms with Crippen molar-refractivity contribution in [3.63, 3.8) is 0 Å². The molecule has 1 unspecified atom stereocenters. The fraction of sp³-hybridized carbons (Fsp3) is 0.684. The van der Waals surface area contributed by atoms with E-state index in [0.717, 1.165) is 29.2 Å². The van der Waals surface area contributed by atoms with Gasteiger partial charge in [0.2, 0.25) is 0 Å². The second-order valence-corrected chi connectivity index (χ2v) is 16.2. The molecule has 0 fully saturated rings. The minimum absolute atomic E-state index is 0.158. The van der Waals surface area contributed by atoms with E-state index >= 15 is 0 Å². The van der Waals surface area contributed by atoms with Crippen molar-refractivity contribution < 1.29 is 10.2 Å². The Bertz CT molecular complexity index is 1030. The van der Waals surface area contributed by atoms with Crippen molar-refractivity contribution in [1.82, 2.24) is 0 Å². The van der Waals surface area contributed by atoms with E-state index < -0.39 is 0 Å². The van der Waals surface area contributed by atoms with Crippen LogP contribution in [0.5, 0.6) is 11.5 Å². The van der Waals surface area contributed by atoms with Crippen molar-refractivity contribution >= 4 is 11.8 Å². The number of thioether (sulfide) groups is 1. The number of phenolic OH excluding ortho intramolecular Hbond substituents is 2. The number of rotatable bonds is 15. The van der Waals surface area contributed by atoms with E-state index in [1.807, 2.05) is 12.1 Å². The Hall–Kier alpha value is -1.61. The number of aromatic hydroxyl groups is 2. The van der Waals surface area contributed by atoms with Crippen LogP contribution < -0.4 is 0 Å². The summed E-state index contributed by atoms with van der Waals surface area (Å²) in [6, 6.07) is 8.71. The molecule has 2 aromatic carbocycles. The van der Waals surface area contributed by atoms with Crippen LogP contribution in [0.15, 0.2) is 24.3 Å². The summed E-state index contributed by atoms with van der Waals surface area (Å²) in [6.45, 7) is 24.5. The van der Waals surface area contributed by atoms with Crippen LogP contribution in [0.2, 0.25) is 0 Å². The van der Waals surface area contributed by atoms with Crippen LogP contribution in [0.4, 0.5) is 0 Å². The summed E-state index contributed by atoms with van der Waals surface area (Å²) in [6.07, 6.45) is 11.9. The predicted octanol–water partition coefficient (Wildman–Crippen LogP) is 11.7. The highest BCUT2D eigenvalue weighted by Gasteiger charge is 2.38. The van der Waals surface area contributed by atoms with Gasteiger partial charge in [0, 0.05) is 10.7 Å². The molecule has 0 aliphatic carbocycles. The van der Waals surface area contributed by atoms with Gasteiger partial charge in [-0.2, -0.15) is 11.8 Å². The number of hydrogen-bond donors (Lipinski definition) is 2. The Balaban J connectivity index is 2.76. The summed E-state index contributed by atoms with van der Waals surface area (Å²) in [5, 5.41) is 22.9. The van der Waals surface area contributed by atoms with Gasteiger partial charge in [0.1, 0.15) is 11.5 Å². The lowest BCUT2D eigenvalue weighted by atomic mass is 9.64. The molecule has 0 bridgehead atoms. The van der Waals surface area contributed by atoms with Crippen LogP contribution >= 0.6 is 11.8 Å². The maximum absolute atomic E-state index is 11.1. The first-order valence-electron chi connectivity index (χ1n) is 16.4. The van der Waals surface area contributed by atoms with E-state index in [1.165, 1.54) is 79.4 Å². The monoisotopic (exact) mass is 582 g/mol. The van der Waals surface area contributed by atoms with Crippen LogP contribution in [0.25, 0.3) is 0 Å². The van der Waals surface area contributed by atoms with Gasteiger partial charge < -0.3 is 10.2 Å². The van der Waals surface area contributed by atoms with E-state index in [-0.39, 0.29) is 16.2 Å². The highest BCUT2D eigenvalue weighted by Crippen LogP contribution is 2.49. The van der Waals surface area contributed by atoms with Gasteiger partial charge in [0.05, 0.1) is 0 Å². The lowest BCUT2D eigenvalue weighted by molar-refractivity contribution is 0.385. The van der Waals surface area contributed by atoms with Crippen LogP contribution in [0, 0.1) is 13.8 Å². The summed E-state index contributed by atoms with van der Waals surface area (Å²) >= 11 is 2.11. The average Bonchev–Trinajstić information content (AvgIpc) is 2.86. The lowest BCUT2D eigenvalue weighted by Crippen LogP contribution is -2.31. The van der Waals surface area contributed by atoms with E-state index in [2.05, 4.69) is 100 Å². The van der Waals surface area contributed by atoms with E-state index in [4.69, 9.17) is 0 Å². The fourth-order valence-electron chi connectivity index (χ4n) is 6.39. The van der Waals surface area contributed by atoms with E-state index in [0.29, 0.717) is 11.5 Å². The van der Waals surface area contributed by atoms with E-state index in [1.54, 1.807) is 0 Å². The Kier molecular flexibility index (Phi) is 13.2. The molecule has 0 aromatic heterocycles. The summed E-state index contributed by atoms with van der Waals surface area (Å²) < 4.78 is 0. The zero-order valence-corrected chi connectivity index (χ0v) is 29.3.